The number of nitrogens with zero attached hydrogens (tertiary/aromatic N) is 5. The molecule has 0 amide bonds. The molecule has 2 N–H and O–H groups in total. The predicted molar refractivity (Wildman–Crippen MR) is 98.4 cm³/mol. The SMILES string of the molecule is CCc1nncn1CCNC(=NC)NCc1cccc(N(C)C)c1. The Morgan fingerprint density at radius 1 is 1.29 bits per heavy atom. The lowest BCUT2D eigenvalue weighted by atomic mass is 10.2. The zero-order valence-corrected chi connectivity index (χ0v) is 15.0. The number of aryl methyl sites for hydroxylation is 1. The first-order valence-corrected chi connectivity index (χ1v) is 8.21. The van der Waals surface area contributed by atoms with Gasteiger partial charge in [-0.3, -0.25) is 4.99 Å². The Balaban J connectivity index is 1.81. The van der Waals surface area contributed by atoms with E-state index < -0.39 is 0 Å². The summed E-state index contributed by atoms with van der Waals surface area (Å²) in [7, 11) is 5.87. The third kappa shape index (κ3) is 4.97. The van der Waals surface area contributed by atoms with Gasteiger partial charge in [-0.2, -0.15) is 0 Å². The van der Waals surface area contributed by atoms with E-state index in [1.165, 1.54) is 11.3 Å². The van der Waals surface area contributed by atoms with E-state index in [0.717, 1.165) is 37.8 Å². The fraction of sp³-hybridized carbons (Fsp3) is 0.471. The summed E-state index contributed by atoms with van der Waals surface area (Å²) in [6.45, 7) is 4.39. The monoisotopic (exact) mass is 329 g/mol. The molecule has 7 heteroatoms. The Hall–Kier alpha value is -2.57. The highest BCUT2D eigenvalue weighted by Gasteiger charge is 2.03. The molecular weight excluding hydrogens is 302 g/mol. The van der Waals surface area contributed by atoms with E-state index in [4.69, 9.17) is 0 Å². The van der Waals surface area contributed by atoms with Crippen LogP contribution in [0.3, 0.4) is 0 Å². The lowest BCUT2D eigenvalue weighted by Crippen LogP contribution is -2.38. The third-order valence-electron chi connectivity index (χ3n) is 3.77. The van der Waals surface area contributed by atoms with Crippen LogP contribution >= 0.6 is 0 Å². The van der Waals surface area contributed by atoms with Crippen LogP contribution in [0.5, 0.6) is 0 Å². The number of benzene rings is 1. The topological polar surface area (TPSA) is 70.4 Å². The second-order valence-electron chi connectivity index (χ2n) is 5.71. The second kappa shape index (κ2) is 8.90. The fourth-order valence-electron chi connectivity index (χ4n) is 2.39. The first-order valence-electron chi connectivity index (χ1n) is 8.21. The second-order valence-corrected chi connectivity index (χ2v) is 5.71. The molecule has 2 rings (SSSR count). The summed E-state index contributed by atoms with van der Waals surface area (Å²) >= 11 is 0. The number of hydrogen-bond donors (Lipinski definition) is 2. The van der Waals surface area contributed by atoms with Gasteiger partial charge < -0.3 is 20.1 Å². The Morgan fingerprint density at radius 2 is 2.12 bits per heavy atom. The Bertz CT molecular complexity index is 660. The third-order valence-corrected chi connectivity index (χ3v) is 3.77. The maximum absolute atomic E-state index is 4.27. The van der Waals surface area contributed by atoms with Crippen molar-refractivity contribution in [3.05, 3.63) is 42.0 Å². The highest BCUT2D eigenvalue weighted by molar-refractivity contribution is 5.79. The van der Waals surface area contributed by atoms with Gasteiger partial charge in [-0.15, -0.1) is 10.2 Å². The van der Waals surface area contributed by atoms with Crippen LogP contribution in [-0.4, -0.2) is 48.4 Å². The highest BCUT2D eigenvalue weighted by Crippen LogP contribution is 2.12. The average molecular weight is 329 g/mol. The lowest BCUT2D eigenvalue weighted by Gasteiger charge is -2.15. The molecule has 0 atom stereocenters. The predicted octanol–water partition coefficient (Wildman–Crippen LogP) is 1.27. The summed E-state index contributed by atoms with van der Waals surface area (Å²) in [5.74, 6) is 1.79. The van der Waals surface area contributed by atoms with Gasteiger partial charge in [-0.05, 0) is 17.7 Å². The summed E-state index contributed by atoms with van der Waals surface area (Å²) in [4.78, 5) is 6.36. The van der Waals surface area contributed by atoms with Gasteiger partial charge in [0, 0.05) is 52.9 Å². The van der Waals surface area contributed by atoms with Gasteiger partial charge in [-0.25, -0.2) is 0 Å². The van der Waals surface area contributed by atoms with Crippen molar-refractivity contribution < 1.29 is 0 Å². The van der Waals surface area contributed by atoms with E-state index in [0.29, 0.717) is 0 Å². The molecule has 0 saturated carbocycles. The van der Waals surface area contributed by atoms with E-state index in [2.05, 4.69) is 66.5 Å². The minimum absolute atomic E-state index is 0.730. The molecule has 0 radical (unpaired) electrons. The molecule has 130 valence electrons. The Labute approximate surface area is 143 Å². The number of hydrogen-bond acceptors (Lipinski definition) is 4. The van der Waals surface area contributed by atoms with Crippen molar-refractivity contribution in [2.24, 2.45) is 4.99 Å². The molecule has 0 aliphatic carbocycles. The number of nitrogens with one attached hydrogen (secondary N) is 2. The summed E-state index contributed by atoms with van der Waals surface area (Å²) in [5, 5.41) is 14.7. The van der Waals surface area contributed by atoms with Crippen molar-refractivity contribution in [3.8, 4) is 0 Å². The first-order chi connectivity index (χ1) is 11.6. The highest BCUT2D eigenvalue weighted by atomic mass is 15.3. The smallest absolute Gasteiger partial charge is 0.191 e. The van der Waals surface area contributed by atoms with Gasteiger partial charge in [0.05, 0.1) is 0 Å². The fourth-order valence-corrected chi connectivity index (χ4v) is 2.39. The van der Waals surface area contributed by atoms with Crippen LogP contribution in [0.4, 0.5) is 5.69 Å². The first kappa shape index (κ1) is 17.8. The standard InChI is InChI=1S/C17H27N7/c1-5-16-22-21-13-24(16)10-9-19-17(18-2)20-12-14-7-6-8-15(11-14)23(3)4/h6-8,11,13H,5,9-10,12H2,1-4H3,(H2,18,19,20). The summed E-state index contributed by atoms with van der Waals surface area (Å²) < 4.78 is 2.06. The van der Waals surface area contributed by atoms with Crippen LogP contribution in [0, 0.1) is 0 Å². The molecule has 0 aliphatic heterocycles. The zero-order valence-electron chi connectivity index (χ0n) is 15.0. The number of aliphatic imine (C=N–C) groups is 1. The number of rotatable bonds is 7. The van der Waals surface area contributed by atoms with E-state index in [-0.39, 0.29) is 0 Å². The molecule has 7 nitrogen and oxygen atoms in total. The van der Waals surface area contributed by atoms with Gasteiger partial charge in [0.15, 0.2) is 5.96 Å². The number of aromatic nitrogens is 3. The summed E-state index contributed by atoms with van der Waals surface area (Å²) in [6, 6.07) is 8.45. The minimum Gasteiger partial charge on any atom is -0.378 e. The van der Waals surface area contributed by atoms with Crippen molar-refractivity contribution in [1.29, 1.82) is 0 Å². The summed E-state index contributed by atoms with van der Waals surface area (Å²) in [5.41, 5.74) is 2.41. The van der Waals surface area contributed by atoms with Gasteiger partial charge in [-0.1, -0.05) is 19.1 Å². The van der Waals surface area contributed by atoms with Crippen molar-refractivity contribution >= 4 is 11.6 Å². The molecular formula is C17H27N7. The van der Waals surface area contributed by atoms with Gasteiger partial charge in [0.2, 0.25) is 0 Å². The van der Waals surface area contributed by atoms with Crippen molar-refractivity contribution in [2.45, 2.75) is 26.4 Å². The van der Waals surface area contributed by atoms with E-state index >= 15 is 0 Å². The van der Waals surface area contributed by atoms with Crippen molar-refractivity contribution in [3.63, 3.8) is 0 Å². The van der Waals surface area contributed by atoms with E-state index in [9.17, 15) is 0 Å². The molecule has 0 fully saturated rings. The van der Waals surface area contributed by atoms with Crippen LogP contribution < -0.4 is 15.5 Å². The molecule has 0 bridgehead atoms. The average Bonchev–Trinajstić information content (AvgIpc) is 3.05. The maximum Gasteiger partial charge on any atom is 0.191 e. The Morgan fingerprint density at radius 3 is 2.83 bits per heavy atom. The molecule has 0 spiro atoms. The zero-order chi connectivity index (χ0) is 17.4. The van der Waals surface area contributed by atoms with E-state index in [1.54, 1.807) is 13.4 Å². The van der Waals surface area contributed by atoms with Gasteiger partial charge in [0.1, 0.15) is 12.2 Å². The summed E-state index contributed by atoms with van der Waals surface area (Å²) in [6.07, 6.45) is 2.65. The molecule has 24 heavy (non-hydrogen) atoms. The normalized spacial score (nSPS) is 11.4. The Kier molecular flexibility index (Phi) is 6.60. The largest absolute Gasteiger partial charge is 0.378 e. The van der Waals surface area contributed by atoms with Gasteiger partial charge >= 0.3 is 0 Å². The number of guanidine groups is 1. The van der Waals surface area contributed by atoms with Crippen molar-refractivity contribution in [1.82, 2.24) is 25.4 Å². The van der Waals surface area contributed by atoms with Crippen LogP contribution in [0.1, 0.15) is 18.3 Å². The van der Waals surface area contributed by atoms with Gasteiger partial charge in [0.25, 0.3) is 0 Å². The van der Waals surface area contributed by atoms with Crippen LogP contribution in [0.15, 0.2) is 35.6 Å². The molecule has 1 aromatic heterocycles. The molecule has 1 heterocycles. The van der Waals surface area contributed by atoms with Crippen LogP contribution in [0.2, 0.25) is 0 Å². The molecule has 0 aliphatic rings. The van der Waals surface area contributed by atoms with Crippen LogP contribution in [0.25, 0.3) is 0 Å². The lowest BCUT2D eigenvalue weighted by molar-refractivity contribution is 0.632. The molecule has 0 saturated heterocycles. The molecule has 2 aromatic rings. The molecule has 0 unspecified atom stereocenters. The van der Waals surface area contributed by atoms with E-state index in [1.807, 2.05) is 14.1 Å². The minimum atomic E-state index is 0.730. The number of anilines is 1. The maximum atomic E-state index is 4.27. The van der Waals surface area contributed by atoms with Crippen molar-refractivity contribution in [2.75, 3.05) is 32.6 Å². The quantitative estimate of drug-likeness (QED) is 0.591. The molecule has 1 aromatic carbocycles. The van der Waals surface area contributed by atoms with Crippen LogP contribution in [-0.2, 0) is 19.5 Å².